The minimum Gasteiger partial charge on any atom is -0.448 e. The highest BCUT2D eigenvalue weighted by Gasteiger charge is 2.17. The molecule has 0 N–H and O–H groups in total. The van der Waals surface area contributed by atoms with Crippen LogP contribution in [0.25, 0.3) is 0 Å². The second-order valence-corrected chi connectivity index (χ2v) is 6.32. The number of rotatable bonds is 2. The molecule has 15 heavy (non-hydrogen) atoms. The second-order valence-electron chi connectivity index (χ2n) is 3.11. The first-order chi connectivity index (χ1) is 7.08. The molecule has 0 aromatic carbocycles. The molecule has 0 aliphatic rings. The first-order valence-corrected chi connectivity index (χ1v) is 6.65. The summed E-state index contributed by atoms with van der Waals surface area (Å²) in [5, 5.41) is 0.0930. The zero-order valence-electron chi connectivity index (χ0n) is 7.76. The Morgan fingerprint density at radius 2 is 2.20 bits per heavy atom. The van der Waals surface area contributed by atoms with E-state index in [0.29, 0.717) is 11.0 Å². The molecule has 0 aliphatic carbocycles. The van der Waals surface area contributed by atoms with Gasteiger partial charge in [-0.05, 0) is 58.2 Å². The molecule has 0 aliphatic heterocycles. The predicted molar refractivity (Wildman–Crippen MR) is 68.2 cm³/mol. The average molecular weight is 326 g/mol. The van der Waals surface area contributed by atoms with Gasteiger partial charge in [-0.25, -0.2) is 0 Å². The zero-order chi connectivity index (χ0) is 11.0. The van der Waals surface area contributed by atoms with E-state index in [1.807, 2.05) is 13.0 Å². The van der Waals surface area contributed by atoms with Gasteiger partial charge in [-0.15, -0.1) is 22.9 Å². The van der Waals surface area contributed by atoms with Crippen molar-refractivity contribution in [3.8, 4) is 0 Å². The molecular formula is C10H7BrCl2OS. The molecule has 0 saturated heterocycles. The largest absolute Gasteiger partial charge is 0.448 e. The van der Waals surface area contributed by atoms with E-state index in [1.54, 1.807) is 23.5 Å². The molecule has 1 nitrogen and oxygen atoms in total. The van der Waals surface area contributed by atoms with Gasteiger partial charge < -0.3 is 4.42 Å². The van der Waals surface area contributed by atoms with E-state index in [1.165, 1.54) is 5.56 Å². The molecule has 0 bridgehead atoms. The van der Waals surface area contributed by atoms with Gasteiger partial charge in [0.15, 0.2) is 5.22 Å². The van der Waals surface area contributed by atoms with Crippen molar-refractivity contribution in [1.82, 2.24) is 0 Å². The summed E-state index contributed by atoms with van der Waals surface area (Å²) in [5.74, 6) is 0.676. The third kappa shape index (κ3) is 2.41. The van der Waals surface area contributed by atoms with Crippen LogP contribution in [0.3, 0.4) is 0 Å². The van der Waals surface area contributed by atoms with Crippen LogP contribution < -0.4 is 0 Å². The third-order valence-corrected chi connectivity index (χ3v) is 4.95. The zero-order valence-corrected chi connectivity index (χ0v) is 11.7. The standard InChI is InChI=1S/C10H7BrCl2OS/c1-5-4-7(15-10(5)11)9(13)6-2-3-8(12)14-6/h2-4,9H,1H3. The number of aryl methyl sites for hydroxylation is 1. The number of furan rings is 1. The molecule has 2 rings (SSSR count). The topological polar surface area (TPSA) is 13.1 Å². The summed E-state index contributed by atoms with van der Waals surface area (Å²) in [4.78, 5) is 1.05. The van der Waals surface area contributed by atoms with Crippen molar-refractivity contribution in [2.75, 3.05) is 0 Å². The van der Waals surface area contributed by atoms with Crippen molar-refractivity contribution in [3.05, 3.63) is 43.4 Å². The van der Waals surface area contributed by atoms with Crippen molar-refractivity contribution >= 4 is 50.5 Å². The molecule has 2 heterocycles. The van der Waals surface area contributed by atoms with E-state index in [0.717, 1.165) is 8.66 Å². The molecular weight excluding hydrogens is 319 g/mol. The highest BCUT2D eigenvalue weighted by atomic mass is 79.9. The summed E-state index contributed by atoms with van der Waals surface area (Å²) in [5.41, 5.74) is 1.18. The number of alkyl halides is 1. The monoisotopic (exact) mass is 324 g/mol. The van der Waals surface area contributed by atoms with E-state index in [-0.39, 0.29) is 5.38 Å². The van der Waals surface area contributed by atoms with E-state index < -0.39 is 0 Å². The lowest BCUT2D eigenvalue weighted by Gasteiger charge is -2.01. The molecule has 5 heteroatoms. The molecule has 0 radical (unpaired) electrons. The van der Waals surface area contributed by atoms with Crippen molar-refractivity contribution in [1.29, 1.82) is 0 Å². The molecule has 2 aromatic rings. The van der Waals surface area contributed by atoms with Crippen molar-refractivity contribution in [3.63, 3.8) is 0 Å². The van der Waals surface area contributed by atoms with Gasteiger partial charge in [-0.3, -0.25) is 0 Å². The highest BCUT2D eigenvalue weighted by molar-refractivity contribution is 9.11. The molecule has 80 valence electrons. The Hall–Kier alpha value is 0.0400. The lowest BCUT2D eigenvalue weighted by Crippen LogP contribution is -1.85. The fourth-order valence-electron chi connectivity index (χ4n) is 1.21. The summed E-state index contributed by atoms with van der Waals surface area (Å²) in [6.45, 7) is 2.03. The minimum absolute atomic E-state index is 0.271. The molecule has 0 amide bonds. The maximum absolute atomic E-state index is 6.27. The summed E-state index contributed by atoms with van der Waals surface area (Å²) in [7, 11) is 0. The normalized spacial score (nSPS) is 13.1. The van der Waals surface area contributed by atoms with E-state index >= 15 is 0 Å². The van der Waals surface area contributed by atoms with Gasteiger partial charge in [0, 0.05) is 4.88 Å². The summed E-state index contributed by atoms with van der Waals surface area (Å²) in [6, 6.07) is 5.54. The van der Waals surface area contributed by atoms with Gasteiger partial charge in [-0.1, -0.05) is 0 Å². The van der Waals surface area contributed by atoms with Crippen LogP contribution in [0.15, 0.2) is 26.4 Å². The fourth-order valence-corrected chi connectivity index (χ4v) is 3.24. The van der Waals surface area contributed by atoms with Gasteiger partial charge in [0.25, 0.3) is 0 Å². The maximum Gasteiger partial charge on any atom is 0.193 e. The maximum atomic E-state index is 6.27. The third-order valence-electron chi connectivity index (χ3n) is 1.97. The lowest BCUT2D eigenvalue weighted by atomic mass is 10.2. The van der Waals surface area contributed by atoms with Crippen LogP contribution in [-0.2, 0) is 0 Å². The van der Waals surface area contributed by atoms with E-state index in [4.69, 9.17) is 27.6 Å². The second kappa shape index (κ2) is 4.50. The summed E-state index contributed by atoms with van der Waals surface area (Å²) in [6.07, 6.45) is 0. The quantitative estimate of drug-likeness (QED) is 0.674. The van der Waals surface area contributed by atoms with Gasteiger partial charge in [0.2, 0.25) is 0 Å². The summed E-state index contributed by atoms with van der Waals surface area (Å²) < 4.78 is 6.37. The number of hydrogen-bond acceptors (Lipinski definition) is 2. The highest BCUT2D eigenvalue weighted by Crippen LogP contribution is 2.38. The van der Waals surface area contributed by atoms with Crippen LogP contribution in [0, 0.1) is 6.92 Å². The van der Waals surface area contributed by atoms with Crippen LogP contribution in [0.5, 0.6) is 0 Å². The Balaban J connectivity index is 2.31. The number of halogens is 3. The number of thiophene rings is 1. The molecule has 1 unspecified atom stereocenters. The minimum atomic E-state index is -0.271. The molecule has 0 spiro atoms. The first-order valence-electron chi connectivity index (χ1n) is 4.23. The van der Waals surface area contributed by atoms with E-state index in [9.17, 15) is 0 Å². The Kier molecular flexibility index (Phi) is 3.45. The van der Waals surface area contributed by atoms with Gasteiger partial charge >= 0.3 is 0 Å². The van der Waals surface area contributed by atoms with Gasteiger partial charge in [-0.2, -0.15) is 0 Å². The van der Waals surface area contributed by atoms with Crippen molar-refractivity contribution in [2.24, 2.45) is 0 Å². The Labute approximate surface area is 110 Å². The first kappa shape index (κ1) is 11.5. The molecule has 0 saturated carbocycles. The Bertz CT molecular complexity index is 458. The molecule has 2 aromatic heterocycles. The fraction of sp³-hybridized carbons (Fsp3) is 0.200. The average Bonchev–Trinajstić information content (AvgIpc) is 2.74. The summed E-state index contributed by atoms with van der Waals surface area (Å²) >= 11 is 17.0. The molecule has 0 fully saturated rings. The van der Waals surface area contributed by atoms with Crippen LogP contribution in [-0.4, -0.2) is 0 Å². The van der Waals surface area contributed by atoms with Crippen molar-refractivity contribution in [2.45, 2.75) is 12.3 Å². The van der Waals surface area contributed by atoms with Crippen molar-refractivity contribution < 1.29 is 4.42 Å². The van der Waals surface area contributed by atoms with Crippen LogP contribution in [0.2, 0.25) is 5.22 Å². The predicted octanol–water partition coefficient (Wildman–Crippen LogP) is 5.39. The van der Waals surface area contributed by atoms with Crippen LogP contribution in [0.1, 0.15) is 21.6 Å². The number of hydrogen-bond donors (Lipinski definition) is 0. The lowest BCUT2D eigenvalue weighted by molar-refractivity contribution is 0.519. The van der Waals surface area contributed by atoms with Crippen LogP contribution >= 0.6 is 50.5 Å². The molecule has 1 atom stereocenters. The van der Waals surface area contributed by atoms with Gasteiger partial charge in [0.05, 0.1) is 3.79 Å². The van der Waals surface area contributed by atoms with E-state index in [2.05, 4.69) is 15.9 Å². The van der Waals surface area contributed by atoms with Gasteiger partial charge in [0.1, 0.15) is 11.1 Å². The Morgan fingerprint density at radius 1 is 1.47 bits per heavy atom. The van der Waals surface area contributed by atoms with Crippen LogP contribution in [0.4, 0.5) is 0 Å². The Morgan fingerprint density at radius 3 is 2.67 bits per heavy atom. The smallest absolute Gasteiger partial charge is 0.193 e. The SMILES string of the molecule is Cc1cc(C(Cl)c2ccc(Cl)o2)sc1Br.